The molecule has 1 aliphatic heterocycles. The highest BCUT2D eigenvalue weighted by Gasteiger charge is 2.30. The van der Waals surface area contributed by atoms with Crippen LogP contribution in [-0.2, 0) is 10.0 Å². The summed E-state index contributed by atoms with van der Waals surface area (Å²) in [4.78, 5) is 22.1. The molecule has 2 aromatic rings. The molecule has 0 unspecified atom stereocenters. The molecular formula is C16H17FN4O3S. The average Bonchev–Trinajstić information content (AvgIpc) is 2.62. The molecule has 1 aliphatic rings. The van der Waals surface area contributed by atoms with Crippen LogP contribution in [0.4, 0.5) is 4.39 Å². The normalized spacial score (nSPS) is 16.0. The van der Waals surface area contributed by atoms with Gasteiger partial charge in [0.15, 0.2) is 0 Å². The van der Waals surface area contributed by atoms with E-state index in [-0.39, 0.29) is 42.7 Å². The van der Waals surface area contributed by atoms with E-state index >= 15 is 0 Å². The second-order valence-corrected chi connectivity index (χ2v) is 7.63. The van der Waals surface area contributed by atoms with E-state index in [0.717, 1.165) is 12.1 Å². The summed E-state index contributed by atoms with van der Waals surface area (Å²) >= 11 is 0. The SMILES string of the molecule is Cc1cnc(C(=O)N2CCN(S(=O)(=O)c3ccc(F)cc3)CC2)cn1. The third-order valence-corrected chi connectivity index (χ3v) is 5.89. The van der Waals surface area contributed by atoms with Crippen LogP contribution in [-0.4, -0.2) is 59.7 Å². The van der Waals surface area contributed by atoms with Crippen molar-refractivity contribution in [1.29, 1.82) is 0 Å². The molecule has 25 heavy (non-hydrogen) atoms. The lowest BCUT2D eigenvalue weighted by Gasteiger charge is -2.33. The van der Waals surface area contributed by atoms with Crippen molar-refractivity contribution < 1.29 is 17.6 Å². The number of carbonyl (C=O) groups excluding carboxylic acids is 1. The predicted molar refractivity (Wildman–Crippen MR) is 87.8 cm³/mol. The van der Waals surface area contributed by atoms with E-state index in [2.05, 4.69) is 9.97 Å². The third-order valence-electron chi connectivity index (χ3n) is 3.98. The molecule has 132 valence electrons. The zero-order valence-corrected chi connectivity index (χ0v) is 14.4. The van der Waals surface area contributed by atoms with E-state index in [4.69, 9.17) is 0 Å². The minimum atomic E-state index is -3.70. The van der Waals surface area contributed by atoms with E-state index < -0.39 is 15.8 Å². The van der Waals surface area contributed by atoms with E-state index in [0.29, 0.717) is 5.69 Å². The van der Waals surface area contributed by atoms with Gasteiger partial charge in [0.1, 0.15) is 11.5 Å². The molecule has 0 radical (unpaired) electrons. The predicted octanol–water partition coefficient (Wildman–Crippen LogP) is 1.07. The Bertz CT molecular complexity index is 861. The second-order valence-electron chi connectivity index (χ2n) is 5.69. The summed E-state index contributed by atoms with van der Waals surface area (Å²) in [5, 5.41) is 0. The van der Waals surface area contributed by atoms with E-state index in [1.807, 2.05) is 0 Å². The minimum absolute atomic E-state index is 0.0399. The lowest BCUT2D eigenvalue weighted by atomic mass is 10.3. The van der Waals surface area contributed by atoms with Crippen molar-refractivity contribution in [2.45, 2.75) is 11.8 Å². The van der Waals surface area contributed by atoms with Gasteiger partial charge in [0, 0.05) is 32.4 Å². The number of hydrogen-bond donors (Lipinski definition) is 0. The Hall–Kier alpha value is -2.39. The summed E-state index contributed by atoms with van der Waals surface area (Å²) in [7, 11) is -3.70. The van der Waals surface area contributed by atoms with Gasteiger partial charge in [-0.1, -0.05) is 0 Å². The summed E-state index contributed by atoms with van der Waals surface area (Å²) in [6.07, 6.45) is 2.93. The summed E-state index contributed by atoms with van der Waals surface area (Å²) in [6.45, 7) is 2.64. The number of aryl methyl sites for hydroxylation is 1. The fourth-order valence-corrected chi connectivity index (χ4v) is 3.97. The molecule has 0 N–H and O–H groups in total. The molecule has 1 amide bonds. The van der Waals surface area contributed by atoms with Crippen LogP contribution in [0.3, 0.4) is 0 Å². The zero-order valence-electron chi connectivity index (χ0n) is 13.6. The van der Waals surface area contributed by atoms with Gasteiger partial charge in [0.05, 0.1) is 16.8 Å². The van der Waals surface area contributed by atoms with Crippen molar-refractivity contribution >= 4 is 15.9 Å². The molecule has 0 aliphatic carbocycles. The number of hydrogen-bond acceptors (Lipinski definition) is 5. The number of nitrogens with zero attached hydrogens (tertiary/aromatic N) is 4. The van der Waals surface area contributed by atoms with Crippen LogP contribution in [0.5, 0.6) is 0 Å². The van der Waals surface area contributed by atoms with E-state index in [1.165, 1.54) is 28.8 Å². The third kappa shape index (κ3) is 3.67. The molecule has 3 rings (SSSR count). The number of rotatable bonds is 3. The van der Waals surface area contributed by atoms with Crippen molar-refractivity contribution in [2.75, 3.05) is 26.2 Å². The first kappa shape index (κ1) is 17.4. The van der Waals surface area contributed by atoms with Gasteiger partial charge in [-0.05, 0) is 31.2 Å². The molecule has 1 aromatic heterocycles. The number of piperazine rings is 1. The maximum Gasteiger partial charge on any atom is 0.274 e. The average molecular weight is 364 g/mol. The number of carbonyl (C=O) groups is 1. The molecule has 0 spiro atoms. The molecule has 2 heterocycles. The van der Waals surface area contributed by atoms with Gasteiger partial charge in [0.25, 0.3) is 5.91 Å². The van der Waals surface area contributed by atoms with E-state index in [1.54, 1.807) is 11.8 Å². The van der Waals surface area contributed by atoms with Gasteiger partial charge in [-0.2, -0.15) is 4.31 Å². The van der Waals surface area contributed by atoms with Crippen molar-refractivity contribution in [1.82, 2.24) is 19.2 Å². The lowest BCUT2D eigenvalue weighted by molar-refractivity contribution is 0.0691. The lowest BCUT2D eigenvalue weighted by Crippen LogP contribution is -2.50. The fraction of sp³-hybridized carbons (Fsp3) is 0.312. The Balaban J connectivity index is 1.68. The van der Waals surface area contributed by atoms with Gasteiger partial charge >= 0.3 is 0 Å². The smallest absolute Gasteiger partial charge is 0.274 e. The van der Waals surface area contributed by atoms with Crippen LogP contribution in [0.15, 0.2) is 41.6 Å². The van der Waals surface area contributed by atoms with Crippen LogP contribution >= 0.6 is 0 Å². The first-order valence-electron chi connectivity index (χ1n) is 7.71. The standard InChI is InChI=1S/C16H17FN4O3S/c1-12-10-19-15(11-18-12)16(22)20-6-8-21(9-7-20)25(23,24)14-4-2-13(17)3-5-14/h2-5,10-11H,6-9H2,1H3. The molecule has 0 bridgehead atoms. The molecule has 0 atom stereocenters. The van der Waals surface area contributed by atoms with Crippen LogP contribution in [0.25, 0.3) is 0 Å². The number of aromatic nitrogens is 2. The van der Waals surface area contributed by atoms with Crippen LogP contribution in [0.2, 0.25) is 0 Å². The first-order valence-corrected chi connectivity index (χ1v) is 9.15. The minimum Gasteiger partial charge on any atom is -0.335 e. The van der Waals surface area contributed by atoms with Crippen molar-refractivity contribution in [3.05, 3.63) is 53.9 Å². The van der Waals surface area contributed by atoms with Gasteiger partial charge in [-0.3, -0.25) is 9.78 Å². The molecular weight excluding hydrogens is 347 g/mol. The van der Waals surface area contributed by atoms with Gasteiger partial charge in [0.2, 0.25) is 10.0 Å². The van der Waals surface area contributed by atoms with Crippen LogP contribution in [0.1, 0.15) is 16.2 Å². The topological polar surface area (TPSA) is 83.5 Å². The quantitative estimate of drug-likeness (QED) is 0.814. The number of amides is 1. The van der Waals surface area contributed by atoms with Crippen molar-refractivity contribution in [2.24, 2.45) is 0 Å². The van der Waals surface area contributed by atoms with E-state index in [9.17, 15) is 17.6 Å². The fourth-order valence-electron chi connectivity index (χ4n) is 2.55. The molecule has 0 saturated carbocycles. The summed E-state index contributed by atoms with van der Waals surface area (Å²) < 4.78 is 39.4. The Kier molecular flexibility index (Phi) is 4.78. The number of halogens is 1. The summed E-state index contributed by atoms with van der Waals surface area (Å²) in [6, 6.07) is 4.71. The maximum atomic E-state index is 13.0. The summed E-state index contributed by atoms with van der Waals surface area (Å²) in [5.74, 6) is -0.764. The highest BCUT2D eigenvalue weighted by Crippen LogP contribution is 2.18. The molecule has 1 saturated heterocycles. The maximum absolute atomic E-state index is 13.0. The highest BCUT2D eigenvalue weighted by atomic mass is 32.2. The second kappa shape index (κ2) is 6.85. The Morgan fingerprint density at radius 2 is 1.68 bits per heavy atom. The van der Waals surface area contributed by atoms with Crippen molar-refractivity contribution in [3.8, 4) is 0 Å². The zero-order chi connectivity index (χ0) is 18.0. The molecule has 9 heteroatoms. The van der Waals surface area contributed by atoms with Crippen LogP contribution < -0.4 is 0 Å². The molecule has 1 fully saturated rings. The summed E-state index contributed by atoms with van der Waals surface area (Å²) in [5.41, 5.74) is 0.951. The Morgan fingerprint density at radius 3 is 2.24 bits per heavy atom. The monoisotopic (exact) mass is 364 g/mol. The van der Waals surface area contributed by atoms with Gasteiger partial charge in [-0.15, -0.1) is 0 Å². The number of benzene rings is 1. The van der Waals surface area contributed by atoms with Crippen molar-refractivity contribution in [3.63, 3.8) is 0 Å². The highest BCUT2D eigenvalue weighted by molar-refractivity contribution is 7.89. The number of sulfonamides is 1. The first-order chi connectivity index (χ1) is 11.9. The Morgan fingerprint density at radius 1 is 1.04 bits per heavy atom. The molecule has 7 nitrogen and oxygen atoms in total. The van der Waals surface area contributed by atoms with Gasteiger partial charge in [-0.25, -0.2) is 17.8 Å². The van der Waals surface area contributed by atoms with Crippen LogP contribution in [0, 0.1) is 12.7 Å². The Labute approximate surface area is 145 Å². The molecule has 1 aromatic carbocycles. The van der Waals surface area contributed by atoms with Gasteiger partial charge < -0.3 is 4.90 Å². The largest absolute Gasteiger partial charge is 0.335 e.